The number of pyridine rings is 1. The summed E-state index contributed by atoms with van der Waals surface area (Å²) < 4.78 is 0. The molecule has 1 unspecified atom stereocenters. The van der Waals surface area contributed by atoms with Gasteiger partial charge >= 0.3 is 0 Å². The van der Waals surface area contributed by atoms with Crippen molar-refractivity contribution in [3.8, 4) is 0 Å². The molecular weight excluding hydrogens is 298 g/mol. The summed E-state index contributed by atoms with van der Waals surface area (Å²) in [5.41, 5.74) is 0.682. The van der Waals surface area contributed by atoms with E-state index in [0.29, 0.717) is 25.2 Å². The van der Waals surface area contributed by atoms with E-state index in [1.807, 2.05) is 22.4 Å². The molecule has 6 heteroatoms. The van der Waals surface area contributed by atoms with E-state index in [0.717, 1.165) is 18.0 Å². The van der Waals surface area contributed by atoms with Gasteiger partial charge in [0, 0.05) is 55.6 Å². The molecule has 0 bridgehead atoms. The van der Waals surface area contributed by atoms with Crippen LogP contribution in [0, 0.1) is 0 Å². The number of aliphatic hydroxyl groups is 1. The molecule has 1 amide bonds. The first kappa shape index (κ1) is 15.1. The van der Waals surface area contributed by atoms with Crippen molar-refractivity contribution in [1.29, 1.82) is 0 Å². The van der Waals surface area contributed by atoms with Crippen molar-refractivity contribution in [2.75, 3.05) is 32.7 Å². The Hall–Kier alpha value is -1.76. The number of piperazine rings is 1. The standard InChI is InChI=1S/C16H19N3O2S/c20-14(15-2-1-11-22-15)12-18-7-9-19(10-8-18)16(21)13-3-5-17-6-4-13/h1-6,11,14,20H,7-10,12H2. The lowest BCUT2D eigenvalue weighted by atomic mass is 10.2. The predicted octanol–water partition coefficient (Wildman–Crippen LogP) is 1.63. The van der Waals surface area contributed by atoms with Gasteiger partial charge in [-0.3, -0.25) is 14.7 Å². The van der Waals surface area contributed by atoms with E-state index >= 15 is 0 Å². The molecule has 0 spiro atoms. The first-order valence-corrected chi connectivity index (χ1v) is 8.25. The molecule has 1 saturated heterocycles. The Morgan fingerprint density at radius 2 is 1.95 bits per heavy atom. The fraction of sp³-hybridized carbons (Fsp3) is 0.375. The molecule has 3 rings (SSSR count). The molecule has 1 atom stereocenters. The van der Waals surface area contributed by atoms with Crippen LogP contribution in [0.25, 0.3) is 0 Å². The summed E-state index contributed by atoms with van der Waals surface area (Å²) in [6.45, 7) is 3.59. The number of hydrogen-bond acceptors (Lipinski definition) is 5. The van der Waals surface area contributed by atoms with Crippen molar-refractivity contribution in [1.82, 2.24) is 14.8 Å². The maximum absolute atomic E-state index is 12.3. The first-order chi connectivity index (χ1) is 10.7. The van der Waals surface area contributed by atoms with Crippen LogP contribution in [0.4, 0.5) is 0 Å². The summed E-state index contributed by atoms with van der Waals surface area (Å²) in [5.74, 6) is 0.0563. The molecule has 1 aliphatic rings. The van der Waals surface area contributed by atoms with Gasteiger partial charge in [0.1, 0.15) is 6.10 Å². The highest BCUT2D eigenvalue weighted by Crippen LogP contribution is 2.20. The second kappa shape index (κ2) is 7.00. The summed E-state index contributed by atoms with van der Waals surface area (Å²) in [6.07, 6.45) is 2.84. The zero-order valence-electron chi connectivity index (χ0n) is 12.3. The molecule has 1 aliphatic heterocycles. The van der Waals surface area contributed by atoms with Gasteiger partial charge in [0.15, 0.2) is 0 Å². The Kier molecular flexibility index (Phi) is 4.82. The van der Waals surface area contributed by atoms with Gasteiger partial charge in [0.05, 0.1) is 0 Å². The highest BCUT2D eigenvalue weighted by Gasteiger charge is 2.23. The summed E-state index contributed by atoms with van der Waals surface area (Å²) >= 11 is 1.58. The molecule has 0 saturated carbocycles. The van der Waals surface area contributed by atoms with Crippen molar-refractivity contribution >= 4 is 17.2 Å². The minimum absolute atomic E-state index is 0.0563. The van der Waals surface area contributed by atoms with Crippen LogP contribution >= 0.6 is 11.3 Å². The highest BCUT2D eigenvalue weighted by atomic mass is 32.1. The summed E-state index contributed by atoms with van der Waals surface area (Å²) in [4.78, 5) is 21.4. The van der Waals surface area contributed by atoms with Crippen LogP contribution in [-0.4, -0.2) is 58.5 Å². The lowest BCUT2D eigenvalue weighted by molar-refractivity contribution is 0.0532. The van der Waals surface area contributed by atoms with Gasteiger partial charge in [-0.15, -0.1) is 11.3 Å². The topological polar surface area (TPSA) is 56.7 Å². The number of hydrogen-bond donors (Lipinski definition) is 1. The normalized spacial score (nSPS) is 17.4. The predicted molar refractivity (Wildman–Crippen MR) is 85.9 cm³/mol. The van der Waals surface area contributed by atoms with E-state index in [1.54, 1.807) is 35.9 Å². The fourth-order valence-electron chi connectivity index (χ4n) is 2.63. The van der Waals surface area contributed by atoms with Gasteiger partial charge in [-0.1, -0.05) is 6.07 Å². The third-order valence-electron chi connectivity index (χ3n) is 3.89. The van der Waals surface area contributed by atoms with Crippen LogP contribution in [0.15, 0.2) is 42.0 Å². The Labute approximate surface area is 133 Å². The van der Waals surface area contributed by atoms with Crippen LogP contribution in [0.1, 0.15) is 21.3 Å². The molecule has 2 aromatic heterocycles. The molecule has 3 heterocycles. The molecule has 1 fully saturated rings. The molecule has 22 heavy (non-hydrogen) atoms. The van der Waals surface area contributed by atoms with Gasteiger partial charge in [-0.2, -0.15) is 0 Å². The number of β-amino-alcohol motifs (C(OH)–C–C–N with tert-alkyl or cyclic N) is 1. The maximum Gasteiger partial charge on any atom is 0.254 e. The zero-order valence-corrected chi connectivity index (χ0v) is 13.1. The number of aromatic nitrogens is 1. The Balaban J connectivity index is 1.51. The van der Waals surface area contributed by atoms with Gasteiger partial charge in [0.25, 0.3) is 5.91 Å². The molecule has 0 radical (unpaired) electrons. The summed E-state index contributed by atoms with van der Waals surface area (Å²) in [5, 5.41) is 12.2. The van der Waals surface area contributed by atoms with Crippen LogP contribution in [0.3, 0.4) is 0 Å². The number of amides is 1. The quantitative estimate of drug-likeness (QED) is 0.931. The average molecular weight is 317 g/mol. The minimum Gasteiger partial charge on any atom is -0.386 e. The molecule has 2 aromatic rings. The van der Waals surface area contributed by atoms with Crippen molar-refractivity contribution in [2.24, 2.45) is 0 Å². The van der Waals surface area contributed by atoms with Crippen LogP contribution in [0.5, 0.6) is 0 Å². The van der Waals surface area contributed by atoms with E-state index in [1.165, 1.54) is 0 Å². The zero-order chi connectivity index (χ0) is 15.4. The van der Waals surface area contributed by atoms with Crippen LogP contribution < -0.4 is 0 Å². The van der Waals surface area contributed by atoms with E-state index in [4.69, 9.17) is 0 Å². The van der Waals surface area contributed by atoms with E-state index in [2.05, 4.69) is 9.88 Å². The second-order valence-electron chi connectivity index (χ2n) is 5.36. The van der Waals surface area contributed by atoms with Gasteiger partial charge in [0.2, 0.25) is 0 Å². The van der Waals surface area contributed by atoms with Crippen LogP contribution in [-0.2, 0) is 0 Å². The summed E-state index contributed by atoms with van der Waals surface area (Å²) in [7, 11) is 0. The largest absolute Gasteiger partial charge is 0.386 e. The van der Waals surface area contributed by atoms with Gasteiger partial charge < -0.3 is 10.0 Å². The molecule has 0 aromatic carbocycles. The molecule has 5 nitrogen and oxygen atoms in total. The number of rotatable bonds is 4. The Morgan fingerprint density at radius 1 is 1.23 bits per heavy atom. The van der Waals surface area contributed by atoms with Crippen molar-refractivity contribution in [2.45, 2.75) is 6.10 Å². The van der Waals surface area contributed by atoms with E-state index < -0.39 is 6.10 Å². The maximum atomic E-state index is 12.3. The molecule has 0 aliphatic carbocycles. The SMILES string of the molecule is O=C(c1ccncc1)N1CCN(CC(O)c2cccs2)CC1. The number of aliphatic hydroxyl groups excluding tert-OH is 1. The number of carbonyl (C=O) groups excluding carboxylic acids is 1. The third-order valence-corrected chi connectivity index (χ3v) is 4.86. The summed E-state index contributed by atoms with van der Waals surface area (Å²) in [6, 6.07) is 7.40. The number of carbonyl (C=O) groups is 1. The fourth-order valence-corrected chi connectivity index (χ4v) is 3.33. The third kappa shape index (κ3) is 3.52. The molecular formula is C16H19N3O2S. The van der Waals surface area contributed by atoms with E-state index in [9.17, 15) is 9.90 Å². The molecule has 1 N–H and O–H groups in total. The van der Waals surface area contributed by atoms with Crippen molar-refractivity contribution in [3.05, 3.63) is 52.5 Å². The minimum atomic E-state index is -0.442. The second-order valence-corrected chi connectivity index (χ2v) is 6.34. The van der Waals surface area contributed by atoms with Gasteiger partial charge in [-0.25, -0.2) is 0 Å². The number of thiophene rings is 1. The van der Waals surface area contributed by atoms with Gasteiger partial charge in [-0.05, 0) is 23.6 Å². The van der Waals surface area contributed by atoms with E-state index in [-0.39, 0.29) is 5.91 Å². The molecule has 116 valence electrons. The first-order valence-electron chi connectivity index (χ1n) is 7.37. The monoisotopic (exact) mass is 317 g/mol. The lowest BCUT2D eigenvalue weighted by Crippen LogP contribution is -2.49. The Bertz CT molecular complexity index is 595. The smallest absolute Gasteiger partial charge is 0.254 e. The average Bonchev–Trinajstić information content (AvgIpc) is 3.10. The van der Waals surface area contributed by atoms with Crippen molar-refractivity contribution < 1.29 is 9.90 Å². The Morgan fingerprint density at radius 3 is 2.59 bits per heavy atom. The van der Waals surface area contributed by atoms with Crippen molar-refractivity contribution in [3.63, 3.8) is 0 Å². The van der Waals surface area contributed by atoms with Crippen LogP contribution in [0.2, 0.25) is 0 Å². The number of nitrogens with zero attached hydrogens (tertiary/aromatic N) is 3. The lowest BCUT2D eigenvalue weighted by Gasteiger charge is -2.35. The highest BCUT2D eigenvalue weighted by molar-refractivity contribution is 7.10.